The van der Waals surface area contributed by atoms with Gasteiger partial charge < -0.3 is 5.32 Å². The molecule has 0 aliphatic carbocycles. The number of benzene rings is 1. The van der Waals surface area contributed by atoms with Crippen molar-refractivity contribution in [3.63, 3.8) is 0 Å². The number of rotatable bonds is 5. The molecule has 1 heterocycles. The molecule has 1 aliphatic heterocycles. The van der Waals surface area contributed by atoms with Crippen LogP contribution in [0.5, 0.6) is 0 Å². The summed E-state index contributed by atoms with van der Waals surface area (Å²) in [5.74, 6) is 0.291. The van der Waals surface area contributed by atoms with Gasteiger partial charge >= 0.3 is 0 Å². The predicted molar refractivity (Wildman–Crippen MR) is 82.6 cm³/mol. The summed E-state index contributed by atoms with van der Waals surface area (Å²) in [6, 6.07) is 6.65. The number of sulfonamides is 1. The second-order valence-electron chi connectivity index (χ2n) is 5.07. The van der Waals surface area contributed by atoms with Gasteiger partial charge in [-0.05, 0) is 25.0 Å². The summed E-state index contributed by atoms with van der Waals surface area (Å²) in [6.45, 7) is 2.04. The molecule has 6 nitrogen and oxygen atoms in total. The molecule has 1 fully saturated rings. The quantitative estimate of drug-likeness (QED) is 0.838. The monoisotopic (exact) mass is 332 g/mol. The molecule has 0 spiro atoms. The van der Waals surface area contributed by atoms with Crippen molar-refractivity contribution in [2.75, 3.05) is 23.4 Å². The van der Waals surface area contributed by atoms with E-state index in [2.05, 4.69) is 10.0 Å². The van der Waals surface area contributed by atoms with Crippen LogP contribution in [0.3, 0.4) is 0 Å². The maximum Gasteiger partial charge on any atom is 0.242 e. The Morgan fingerprint density at radius 1 is 1.19 bits per heavy atom. The van der Waals surface area contributed by atoms with Crippen LogP contribution in [0.25, 0.3) is 0 Å². The highest BCUT2D eigenvalue weighted by atomic mass is 32.2. The molecule has 8 heteroatoms. The van der Waals surface area contributed by atoms with Crippen LogP contribution in [-0.2, 0) is 19.9 Å². The Labute approximate surface area is 125 Å². The number of sulfone groups is 1. The van der Waals surface area contributed by atoms with E-state index in [1.807, 2.05) is 0 Å². The number of anilines is 1. The van der Waals surface area contributed by atoms with Crippen molar-refractivity contribution in [1.29, 1.82) is 0 Å². The summed E-state index contributed by atoms with van der Waals surface area (Å²) < 4.78 is 49.6. The molecule has 118 valence electrons. The summed E-state index contributed by atoms with van der Waals surface area (Å²) in [5, 5.41) is 3.17. The van der Waals surface area contributed by atoms with E-state index in [9.17, 15) is 16.8 Å². The fraction of sp³-hybridized carbons (Fsp3) is 0.538. The Morgan fingerprint density at radius 2 is 1.81 bits per heavy atom. The van der Waals surface area contributed by atoms with Crippen molar-refractivity contribution in [2.45, 2.75) is 30.7 Å². The molecule has 2 rings (SSSR count). The summed E-state index contributed by atoms with van der Waals surface area (Å²) in [7, 11) is -6.47. The van der Waals surface area contributed by atoms with Crippen LogP contribution in [0.2, 0.25) is 0 Å². The molecular weight excluding hydrogens is 312 g/mol. The van der Waals surface area contributed by atoms with Crippen LogP contribution in [0.15, 0.2) is 29.2 Å². The van der Waals surface area contributed by atoms with Gasteiger partial charge in [0.2, 0.25) is 10.0 Å². The van der Waals surface area contributed by atoms with Crippen LogP contribution >= 0.6 is 0 Å². The first-order chi connectivity index (χ1) is 9.84. The van der Waals surface area contributed by atoms with Gasteiger partial charge in [-0.15, -0.1) is 0 Å². The summed E-state index contributed by atoms with van der Waals surface area (Å²) in [4.78, 5) is 0.195. The minimum atomic E-state index is -3.55. The Balaban J connectivity index is 2.18. The smallest absolute Gasteiger partial charge is 0.242 e. The number of para-hydroxylation sites is 1. The lowest BCUT2D eigenvalue weighted by atomic mass is 10.1. The minimum absolute atomic E-state index is 0.0218. The molecule has 0 radical (unpaired) electrons. The average Bonchev–Trinajstić information content (AvgIpc) is 2.42. The van der Waals surface area contributed by atoms with Crippen LogP contribution in [0.1, 0.15) is 19.8 Å². The van der Waals surface area contributed by atoms with Gasteiger partial charge in [-0.2, -0.15) is 0 Å². The third kappa shape index (κ3) is 4.18. The first kappa shape index (κ1) is 16.3. The van der Waals surface area contributed by atoms with Gasteiger partial charge in [0.1, 0.15) is 14.7 Å². The lowest BCUT2D eigenvalue weighted by Gasteiger charge is -2.25. The molecule has 0 amide bonds. The molecule has 0 bridgehead atoms. The van der Waals surface area contributed by atoms with E-state index in [1.54, 1.807) is 31.2 Å². The van der Waals surface area contributed by atoms with E-state index < -0.39 is 19.9 Å². The SMILES string of the molecule is CCNS(=O)(=O)c1ccccc1NC1CCS(=O)(=O)CC1. The second kappa shape index (κ2) is 6.33. The lowest BCUT2D eigenvalue weighted by molar-refractivity contribution is 0.558. The highest BCUT2D eigenvalue weighted by molar-refractivity contribution is 7.91. The summed E-state index contributed by atoms with van der Waals surface area (Å²) in [5.41, 5.74) is 0.516. The van der Waals surface area contributed by atoms with Crippen LogP contribution in [0.4, 0.5) is 5.69 Å². The van der Waals surface area contributed by atoms with E-state index in [1.165, 1.54) is 0 Å². The highest BCUT2D eigenvalue weighted by Crippen LogP contribution is 2.24. The van der Waals surface area contributed by atoms with Crippen LogP contribution in [0, 0.1) is 0 Å². The highest BCUT2D eigenvalue weighted by Gasteiger charge is 2.25. The third-order valence-corrected chi connectivity index (χ3v) is 6.74. The Hall–Kier alpha value is -1.12. The second-order valence-corrected chi connectivity index (χ2v) is 9.11. The van der Waals surface area contributed by atoms with E-state index in [-0.39, 0.29) is 22.4 Å². The van der Waals surface area contributed by atoms with E-state index >= 15 is 0 Å². The first-order valence-electron chi connectivity index (χ1n) is 6.90. The van der Waals surface area contributed by atoms with Gasteiger partial charge in [-0.25, -0.2) is 21.6 Å². The van der Waals surface area contributed by atoms with Crippen molar-refractivity contribution < 1.29 is 16.8 Å². The number of hydrogen-bond donors (Lipinski definition) is 2. The Bertz CT molecular complexity index is 685. The summed E-state index contributed by atoms with van der Waals surface area (Å²) >= 11 is 0. The minimum Gasteiger partial charge on any atom is -0.381 e. The zero-order chi connectivity index (χ0) is 15.5. The van der Waals surface area contributed by atoms with Crippen molar-refractivity contribution in [1.82, 2.24) is 4.72 Å². The van der Waals surface area contributed by atoms with Crippen LogP contribution in [-0.4, -0.2) is 40.9 Å². The molecular formula is C13H20N2O4S2. The van der Waals surface area contributed by atoms with E-state index in [4.69, 9.17) is 0 Å². The molecule has 0 atom stereocenters. The largest absolute Gasteiger partial charge is 0.381 e. The molecule has 1 saturated heterocycles. The summed E-state index contributed by atoms with van der Waals surface area (Å²) in [6.07, 6.45) is 0.996. The molecule has 1 aliphatic rings. The van der Waals surface area contributed by atoms with Gasteiger partial charge in [0, 0.05) is 12.6 Å². The zero-order valence-corrected chi connectivity index (χ0v) is 13.5. The number of hydrogen-bond acceptors (Lipinski definition) is 5. The molecule has 0 unspecified atom stereocenters. The molecule has 2 N–H and O–H groups in total. The van der Waals surface area contributed by atoms with E-state index in [0.29, 0.717) is 25.1 Å². The third-order valence-electron chi connectivity index (χ3n) is 3.43. The van der Waals surface area contributed by atoms with E-state index in [0.717, 1.165) is 0 Å². The fourth-order valence-corrected chi connectivity index (χ4v) is 5.04. The first-order valence-corrected chi connectivity index (χ1v) is 10.2. The lowest BCUT2D eigenvalue weighted by Crippen LogP contribution is -2.33. The van der Waals surface area contributed by atoms with Crippen molar-refractivity contribution in [3.8, 4) is 0 Å². The van der Waals surface area contributed by atoms with Gasteiger partial charge in [0.05, 0.1) is 17.2 Å². The van der Waals surface area contributed by atoms with Crippen LogP contribution < -0.4 is 10.0 Å². The maximum atomic E-state index is 12.2. The molecule has 0 aromatic heterocycles. The normalized spacial score (nSPS) is 19.3. The molecule has 21 heavy (non-hydrogen) atoms. The molecule has 0 saturated carbocycles. The van der Waals surface area contributed by atoms with Gasteiger partial charge in [0.25, 0.3) is 0 Å². The van der Waals surface area contributed by atoms with Gasteiger partial charge in [0.15, 0.2) is 0 Å². The zero-order valence-electron chi connectivity index (χ0n) is 11.9. The number of nitrogens with one attached hydrogen (secondary N) is 2. The van der Waals surface area contributed by atoms with Crippen molar-refractivity contribution in [3.05, 3.63) is 24.3 Å². The average molecular weight is 332 g/mol. The molecule has 1 aromatic carbocycles. The maximum absolute atomic E-state index is 12.2. The van der Waals surface area contributed by atoms with Gasteiger partial charge in [-0.3, -0.25) is 0 Å². The van der Waals surface area contributed by atoms with Gasteiger partial charge in [-0.1, -0.05) is 19.1 Å². The van der Waals surface area contributed by atoms with Crippen molar-refractivity contribution in [2.24, 2.45) is 0 Å². The fourth-order valence-electron chi connectivity index (χ4n) is 2.34. The topological polar surface area (TPSA) is 92.3 Å². The standard InChI is InChI=1S/C13H20N2O4S2/c1-2-14-21(18,19)13-6-4-3-5-12(13)15-11-7-9-20(16,17)10-8-11/h3-6,11,14-15H,2,7-10H2,1H3. The van der Waals surface area contributed by atoms with Crippen molar-refractivity contribution >= 4 is 25.5 Å². The predicted octanol–water partition coefficient (Wildman–Crippen LogP) is 0.974. The Kier molecular flexibility index (Phi) is 4.90. The Morgan fingerprint density at radius 3 is 2.43 bits per heavy atom. The molecule has 1 aromatic rings.